The van der Waals surface area contributed by atoms with Gasteiger partial charge in [-0.2, -0.15) is 0 Å². The van der Waals surface area contributed by atoms with E-state index in [1.165, 1.54) is 5.56 Å². The van der Waals surface area contributed by atoms with Crippen LogP contribution in [0.2, 0.25) is 0 Å². The van der Waals surface area contributed by atoms with Gasteiger partial charge >= 0.3 is 0 Å². The molecule has 3 heteroatoms. The van der Waals surface area contributed by atoms with E-state index in [1.54, 1.807) is 0 Å². The quantitative estimate of drug-likeness (QED) is 0.893. The Bertz CT molecular complexity index is 489. The number of hydrogen-bond donors (Lipinski definition) is 1. The molecule has 0 amide bonds. The molecule has 3 nitrogen and oxygen atoms in total. The van der Waals surface area contributed by atoms with Gasteiger partial charge in [-0.1, -0.05) is 30.3 Å². The lowest BCUT2D eigenvalue weighted by atomic mass is 9.84. The van der Waals surface area contributed by atoms with Crippen LogP contribution in [-0.4, -0.2) is 16.5 Å². The van der Waals surface area contributed by atoms with Gasteiger partial charge in [0, 0.05) is 17.8 Å². The van der Waals surface area contributed by atoms with E-state index in [4.69, 9.17) is 5.73 Å². The molecular weight excluding hydrogens is 222 g/mol. The summed E-state index contributed by atoms with van der Waals surface area (Å²) in [6.45, 7) is 4.91. The number of nitrogens with two attached hydrogens (primary N) is 1. The minimum Gasteiger partial charge on any atom is -0.330 e. The van der Waals surface area contributed by atoms with Crippen molar-refractivity contribution in [2.45, 2.75) is 25.7 Å². The van der Waals surface area contributed by atoms with Crippen molar-refractivity contribution in [3.05, 3.63) is 59.7 Å². The monoisotopic (exact) mass is 241 g/mol. The summed E-state index contributed by atoms with van der Waals surface area (Å²) in [6.07, 6.45) is 4.58. The molecule has 2 N–H and O–H groups in total. The fourth-order valence-electron chi connectivity index (χ4n) is 1.96. The minimum atomic E-state index is -0.178. The maximum Gasteiger partial charge on any atom is 0.138 e. The van der Waals surface area contributed by atoms with Crippen molar-refractivity contribution in [1.82, 2.24) is 9.97 Å². The molecule has 2 aromatic rings. The molecule has 0 atom stereocenters. The van der Waals surface area contributed by atoms with Gasteiger partial charge in [-0.25, -0.2) is 9.97 Å². The van der Waals surface area contributed by atoms with Crippen molar-refractivity contribution >= 4 is 0 Å². The summed E-state index contributed by atoms with van der Waals surface area (Å²) in [5.74, 6) is 0.842. The molecule has 1 aromatic heterocycles. The third-order valence-corrected chi connectivity index (χ3v) is 3.19. The molecule has 0 spiro atoms. The van der Waals surface area contributed by atoms with Gasteiger partial charge in [-0.15, -0.1) is 0 Å². The van der Waals surface area contributed by atoms with Crippen LogP contribution in [0.5, 0.6) is 0 Å². The molecule has 18 heavy (non-hydrogen) atoms. The molecule has 2 rings (SSSR count). The summed E-state index contributed by atoms with van der Waals surface area (Å²) in [6, 6.07) is 10.3. The van der Waals surface area contributed by atoms with Crippen molar-refractivity contribution in [2.75, 3.05) is 6.54 Å². The molecule has 0 unspecified atom stereocenters. The predicted molar refractivity (Wildman–Crippen MR) is 73.4 cm³/mol. The minimum absolute atomic E-state index is 0.178. The second-order valence-corrected chi connectivity index (χ2v) is 4.94. The van der Waals surface area contributed by atoms with Gasteiger partial charge in [0.25, 0.3) is 0 Å². The largest absolute Gasteiger partial charge is 0.330 e. The summed E-state index contributed by atoms with van der Waals surface area (Å²) in [4.78, 5) is 8.96. The summed E-state index contributed by atoms with van der Waals surface area (Å²) in [5.41, 5.74) is 7.65. The van der Waals surface area contributed by atoms with Crippen molar-refractivity contribution < 1.29 is 0 Å². The normalized spacial score (nSPS) is 11.5. The van der Waals surface area contributed by atoms with Crippen molar-refractivity contribution in [2.24, 2.45) is 5.73 Å². The van der Waals surface area contributed by atoms with Gasteiger partial charge in [-0.05, 0) is 37.9 Å². The molecular formula is C15H19N3. The van der Waals surface area contributed by atoms with E-state index >= 15 is 0 Å². The number of benzene rings is 1. The fourth-order valence-corrected chi connectivity index (χ4v) is 1.96. The third kappa shape index (κ3) is 2.57. The van der Waals surface area contributed by atoms with E-state index in [9.17, 15) is 0 Å². The number of rotatable bonds is 4. The zero-order valence-corrected chi connectivity index (χ0v) is 10.9. The van der Waals surface area contributed by atoms with Gasteiger partial charge in [0.2, 0.25) is 0 Å². The Hall–Kier alpha value is -1.74. The molecule has 0 aliphatic rings. The van der Waals surface area contributed by atoms with Crippen LogP contribution in [0.25, 0.3) is 0 Å². The maximum absolute atomic E-state index is 5.52. The summed E-state index contributed by atoms with van der Waals surface area (Å²) in [5, 5.41) is 0. The van der Waals surface area contributed by atoms with E-state index in [1.807, 2.05) is 30.6 Å². The average molecular weight is 241 g/mol. The Labute approximate surface area is 108 Å². The Morgan fingerprint density at radius 3 is 2.22 bits per heavy atom. The molecule has 1 aromatic carbocycles. The zero-order chi connectivity index (χ0) is 13.0. The second kappa shape index (κ2) is 5.27. The molecule has 0 aliphatic carbocycles. The first-order valence-electron chi connectivity index (χ1n) is 6.21. The molecule has 0 radical (unpaired) electrons. The molecule has 0 aliphatic heterocycles. The van der Waals surface area contributed by atoms with Crippen LogP contribution >= 0.6 is 0 Å². The van der Waals surface area contributed by atoms with E-state index < -0.39 is 0 Å². The van der Waals surface area contributed by atoms with E-state index in [-0.39, 0.29) is 5.41 Å². The van der Waals surface area contributed by atoms with Crippen molar-refractivity contribution in [1.29, 1.82) is 0 Å². The molecule has 0 saturated heterocycles. The van der Waals surface area contributed by atoms with Gasteiger partial charge < -0.3 is 5.73 Å². The highest BCUT2D eigenvalue weighted by Gasteiger charge is 2.25. The highest BCUT2D eigenvalue weighted by molar-refractivity contribution is 5.30. The Balaban J connectivity index is 2.30. The molecule has 1 heterocycles. The SMILES string of the molecule is CC(C)(c1ccccc1)c1ncc(CCN)cn1. The third-order valence-electron chi connectivity index (χ3n) is 3.19. The van der Waals surface area contributed by atoms with Gasteiger partial charge in [0.15, 0.2) is 0 Å². The van der Waals surface area contributed by atoms with Crippen LogP contribution < -0.4 is 5.73 Å². The Morgan fingerprint density at radius 1 is 1.06 bits per heavy atom. The van der Waals surface area contributed by atoms with Gasteiger partial charge in [0.1, 0.15) is 5.82 Å². The molecule has 94 valence electrons. The fraction of sp³-hybridized carbons (Fsp3) is 0.333. The standard InChI is InChI=1S/C15H19N3/c1-15(2,13-6-4-3-5-7-13)14-17-10-12(8-9-16)11-18-14/h3-7,10-11H,8-9,16H2,1-2H3. The topological polar surface area (TPSA) is 51.8 Å². The Kier molecular flexibility index (Phi) is 3.72. The van der Waals surface area contributed by atoms with E-state index in [2.05, 4.69) is 35.9 Å². The average Bonchev–Trinajstić information content (AvgIpc) is 2.41. The smallest absolute Gasteiger partial charge is 0.138 e. The number of nitrogens with zero attached hydrogens (tertiary/aromatic N) is 2. The first-order valence-corrected chi connectivity index (χ1v) is 6.21. The van der Waals surface area contributed by atoms with E-state index in [0.717, 1.165) is 17.8 Å². The molecule has 0 saturated carbocycles. The highest BCUT2D eigenvalue weighted by Crippen LogP contribution is 2.28. The zero-order valence-electron chi connectivity index (χ0n) is 10.9. The lowest BCUT2D eigenvalue weighted by molar-refractivity contribution is 0.588. The van der Waals surface area contributed by atoms with Crippen LogP contribution in [-0.2, 0) is 11.8 Å². The van der Waals surface area contributed by atoms with Gasteiger partial charge in [-0.3, -0.25) is 0 Å². The van der Waals surface area contributed by atoms with Crippen molar-refractivity contribution in [3.63, 3.8) is 0 Å². The summed E-state index contributed by atoms with van der Waals surface area (Å²) >= 11 is 0. The molecule has 0 fully saturated rings. The molecule has 0 bridgehead atoms. The first-order chi connectivity index (χ1) is 8.64. The highest BCUT2D eigenvalue weighted by atomic mass is 14.9. The number of aromatic nitrogens is 2. The number of hydrogen-bond acceptors (Lipinski definition) is 3. The summed E-state index contributed by atoms with van der Waals surface area (Å²) < 4.78 is 0. The second-order valence-electron chi connectivity index (χ2n) is 4.94. The van der Waals surface area contributed by atoms with Gasteiger partial charge in [0.05, 0.1) is 0 Å². The van der Waals surface area contributed by atoms with Crippen molar-refractivity contribution in [3.8, 4) is 0 Å². The van der Waals surface area contributed by atoms with Crippen LogP contribution in [0, 0.1) is 0 Å². The van der Waals surface area contributed by atoms with E-state index in [0.29, 0.717) is 6.54 Å². The summed E-state index contributed by atoms with van der Waals surface area (Å²) in [7, 11) is 0. The predicted octanol–water partition coefficient (Wildman–Crippen LogP) is 2.30. The lowest BCUT2D eigenvalue weighted by Crippen LogP contribution is -2.22. The lowest BCUT2D eigenvalue weighted by Gasteiger charge is -2.23. The van der Waals surface area contributed by atoms with Crippen LogP contribution in [0.1, 0.15) is 30.8 Å². The van der Waals surface area contributed by atoms with Crippen LogP contribution in [0.4, 0.5) is 0 Å². The Morgan fingerprint density at radius 2 is 1.67 bits per heavy atom. The van der Waals surface area contributed by atoms with Crippen LogP contribution in [0.15, 0.2) is 42.7 Å². The van der Waals surface area contributed by atoms with Crippen LogP contribution in [0.3, 0.4) is 0 Å². The first kappa shape index (κ1) is 12.7. The maximum atomic E-state index is 5.52.